The number of carbonyl (C=O) groups excluding carboxylic acids is 1. The predicted molar refractivity (Wildman–Crippen MR) is 216 cm³/mol. The van der Waals surface area contributed by atoms with E-state index < -0.39 is 43.3 Å². The van der Waals surface area contributed by atoms with Gasteiger partial charge in [-0.05, 0) is 39.9 Å². The van der Waals surface area contributed by atoms with Gasteiger partial charge in [0.05, 0.1) is 25.4 Å². The van der Waals surface area contributed by atoms with Crippen LogP contribution in [0.15, 0.2) is 164 Å². The van der Waals surface area contributed by atoms with E-state index in [1.165, 1.54) is 0 Å². The fourth-order valence-electron chi connectivity index (χ4n) is 6.45. The second-order valence-corrected chi connectivity index (χ2v) is 13.8. The van der Waals surface area contributed by atoms with Crippen LogP contribution in [-0.2, 0) is 52.0 Å². The smallest absolute Gasteiger partial charge is 0.338 e. The average Bonchev–Trinajstić information content (AvgIpc) is 3.28. The molecule has 7 rings (SSSR count). The van der Waals surface area contributed by atoms with Crippen LogP contribution >= 0.6 is 0 Å². The first-order valence-electron chi connectivity index (χ1n) is 19.2. The highest BCUT2D eigenvalue weighted by molar-refractivity contribution is 5.91. The first-order chi connectivity index (χ1) is 28.5. The van der Waals surface area contributed by atoms with Crippen molar-refractivity contribution in [3.8, 4) is 17.2 Å². The third kappa shape index (κ3) is 10.9. The van der Waals surface area contributed by atoms with E-state index in [2.05, 4.69) is 0 Å². The second-order valence-electron chi connectivity index (χ2n) is 13.8. The Morgan fingerprint density at radius 3 is 1.34 bits per heavy atom. The van der Waals surface area contributed by atoms with E-state index in [0.717, 1.165) is 27.8 Å². The van der Waals surface area contributed by atoms with Gasteiger partial charge in [0.25, 0.3) is 0 Å². The van der Waals surface area contributed by atoms with Gasteiger partial charge in [0.15, 0.2) is 23.9 Å². The summed E-state index contributed by atoms with van der Waals surface area (Å²) >= 11 is 0. The van der Waals surface area contributed by atoms with Crippen LogP contribution in [0, 0.1) is 0 Å². The molecule has 6 aromatic carbocycles. The van der Waals surface area contributed by atoms with Crippen molar-refractivity contribution in [2.24, 2.45) is 0 Å². The molecule has 0 aromatic heterocycles. The minimum absolute atomic E-state index is 0.0839. The zero-order valence-electron chi connectivity index (χ0n) is 31.9. The summed E-state index contributed by atoms with van der Waals surface area (Å²) in [6.07, 6.45) is -6.08. The quantitative estimate of drug-likeness (QED) is 0.0835. The molecule has 0 saturated carbocycles. The summed E-state index contributed by atoms with van der Waals surface area (Å²) in [6, 6.07) is 50.9. The van der Waals surface area contributed by atoms with Crippen LogP contribution in [-0.4, -0.2) is 53.5 Å². The van der Waals surface area contributed by atoms with Crippen LogP contribution in [0.1, 0.15) is 38.2 Å². The Hall–Kier alpha value is -6.01. The van der Waals surface area contributed by atoms with Gasteiger partial charge in [0, 0.05) is 0 Å². The molecule has 0 aliphatic carbocycles. The molecule has 58 heavy (non-hydrogen) atoms. The predicted octanol–water partition coefficient (Wildman–Crippen LogP) is 7.83. The van der Waals surface area contributed by atoms with Crippen LogP contribution in [0.25, 0.3) is 0 Å². The van der Waals surface area contributed by atoms with Crippen LogP contribution in [0.5, 0.6) is 17.2 Å². The molecule has 5 atom stereocenters. The Bertz CT molecular complexity index is 2070. The van der Waals surface area contributed by atoms with Gasteiger partial charge in [0.2, 0.25) is 5.75 Å². The van der Waals surface area contributed by atoms with Crippen molar-refractivity contribution >= 4 is 5.97 Å². The molecule has 0 radical (unpaired) electrons. The van der Waals surface area contributed by atoms with Gasteiger partial charge in [-0.25, -0.2) is 4.79 Å². The lowest BCUT2D eigenvalue weighted by atomic mass is 9.98. The maximum absolute atomic E-state index is 14.5. The number of rotatable bonds is 18. The molecule has 0 bridgehead atoms. The standard InChI is InChI=1S/C48H46O10/c49-28-42-43(50)45(55-32-37-22-12-4-13-23-37)46(48(57-42)56-33-38-24-14-5-15-25-38)58-47(51)39-26-40(52-29-34-16-6-1-7-17-34)44(54-31-36-20-10-3-11-21-36)41(27-39)53-30-35-18-8-2-9-19-35/h1-27,42-43,45-46,48-50H,28-33H2/t42-,43-,45+,46-,48-/m1/s1. The maximum Gasteiger partial charge on any atom is 0.338 e. The summed E-state index contributed by atoms with van der Waals surface area (Å²) in [5, 5.41) is 21.7. The molecule has 298 valence electrons. The molecular weight excluding hydrogens is 737 g/mol. The summed E-state index contributed by atoms with van der Waals surface area (Å²) in [5.74, 6) is 0.0360. The third-order valence-corrected chi connectivity index (χ3v) is 9.54. The molecule has 2 N–H and O–H groups in total. The lowest BCUT2D eigenvalue weighted by Crippen LogP contribution is -2.61. The zero-order chi connectivity index (χ0) is 39.9. The van der Waals surface area contributed by atoms with Gasteiger partial charge < -0.3 is 43.4 Å². The fourth-order valence-corrected chi connectivity index (χ4v) is 6.45. The number of hydrogen-bond donors (Lipinski definition) is 2. The number of benzene rings is 6. The lowest BCUT2D eigenvalue weighted by molar-refractivity contribution is -0.311. The molecule has 10 heteroatoms. The number of carbonyl (C=O) groups is 1. The Labute approximate surface area is 338 Å². The van der Waals surface area contributed by atoms with Crippen molar-refractivity contribution in [2.45, 2.75) is 63.7 Å². The third-order valence-electron chi connectivity index (χ3n) is 9.54. The lowest BCUT2D eigenvalue weighted by Gasteiger charge is -2.43. The van der Waals surface area contributed by atoms with Crippen molar-refractivity contribution < 1.29 is 48.2 Å². The van der Waals surface area contributed by atoms with Gasteiger partial charge in [-0.1, -0.05) is 152 Å². The number of aliphatic hydroxyl groups excluding tert-OH is 2. The Morgan fingerprint density at radius 2 is 0.914 bits per heavy atom. The maximum atomic E-state index is 14.5. The van der Waals surface area contributed by atoms with Crippen molar-refractivity contribution in [2.75, 3.05) is 6.61 Å². The van der Waals surface area contributed by atoms with E-state index >= 15 is 0 Å². The van der Waals surface area contributed by atoms with Crippen molar-refractivity contribution in [1.29, 1.82) is 0 Å². The van der Waals surface area contributed by atoms with E-state index in [4.69, 9.17) is 33.2 Å². The highest BCUT2D eigenvalue weighted by Crippen LogP contribution is 2.41. The molecule has 6 aromatic rings. The SMILES string of the molecule is O=C(O[C@H]1[C@H](OCc2ccccc2)O[C@H](CO)[C@@H](O)[C@@H]1OCc1ccccc1)c1cc(OCc2ccccc2)c(OCc2ccccc2)c(OCc2ccccc2)c1. The van der Waals surface area contributed by atoms with E-state index in [1.807, 2.05) is 152 Å². The molecule has 1 saturated heterocycles. The van der Waals surface area contributed by atoms with Gasteiger partial charge >= 0.3 is 5.97 Å². The minimum atomic E-state index is -1.37. The monoisotopic (exact) mass is 782 g/mol. The van der Waals surface area contributed by atoms with Gasteiger partial charge in [-0.3, -0.25) is 0 Å². The zero-order valence-corrected chi connectivity index (χ0v) is 31.9. The summed E-state index contributed by atoms with van der Waals surface area (Å²) in [5.41, 5.74) is 4.49. The molecule has 0 unspecified atom stereocenters. The number of hydrogen-bond acceptors (Lipinski definition) is 10. The van der Waals surface area contributed by atoms with E-state index in [0.29, 0.717) is 5.75 Å². The van der Waals surface area contributed by atoms with Gasteiger partial charge in [-0.2, -0.15) is 0 Å². The minimum Gasteiger partial charge on any atom is -0.485 e. The topological polar surface area (TPSA) is 122 Å². The van der Waals surface area contributed by atoms with Crippen molar-refractivity contribution in [3.63, 3.8) is 0 Å². The normalized spacial score (nSPS) is 18.9. The summed E-state index contributed by atoms with van der Waals surface area (Å²) < 4.78 is 44.0. The fraction of sp³-hybridized carbons (Fsp3) is 0.229. The highest BCUT2D eigenvalue weighted by Gasteiger charge is 2.49. The highest BCUT2D eigenvalue weighted by atomic mass is 16.7. The van der Waals surface area contributed by atoms with E-state index in [1.54, 1.807) is 12.1 Å². The van der Waals surface area contributed by atoms with Gasteiger partial charge in [-0.15, -0.1) is 0 Å². The van der Waals surface area contributed by atoms with E-state index in [9.17, 15) is 15.0 Å². The molecule has 1 aliphatic heterocycles. The molecular formula is C48H46O10. The van der Waals surface area contributed by atoms with Crippen LogP contribution < -0.4 is 14.2 Å². The number of ether oxygens (including phenoxy) is 7. The molecule has 0 amide bonds. The first kappa shape index (κ1) is 40.2. The molecule has 1 heterocycles. The molecule has 1 aliphatic rings. The summed E-state index contributed by atoms with van der Waals surface area (Å²) in [6.45, 7) is 0.222. The van der Waals surface area contributed by atoms with E-state index in [-0.39, 0.29) is 50.1 Å². The Balaban J connectivity index is 1.23. The largest absolute Gasteiger partial charge is 0.485 e. The Morgan fingerprint density at radius 1 is 0.517 bits per heavy atom. The first-order valence-corrected chi connectivity index (χ1v) is 19.2. The number of esters is 1. The second kappa shape index (κ2) is 20.4. The summed E-state index contributed by atoms with van der Waals surface area (Å²) in [7, 11) is 0. The number of aliphatic hydroxyl groups is 2. The van der Waals surface area contributed by atoms with Crippen molar-refractivity contribution in [1.82, 2.24) is 0 Å². The molecule has 0 spiro atoms. The molecule has 10 nitrogen and oxygen atoms in total. The average molecular weight is 783 g/mol. The van der Waals surface area contributed by atoms with Crippen LogP contribution in [0.3, 0.4) is 0 Å². The van der Waals surface area contributed by atoms with Crippen LogP contribution in [0.2, 0.25) is 0 Å². The summed E-state index contributed by atoms with van der Waals surface area (Å²) in [4.78, 5) is 14.5. The molecule has 1 fully saturated rings. The van der Waals surface area contributed by atoms with Crippen molar-refractivity contribution in [3.05, 3.63) is 197 Å². The Kier molecular flexibility index (Phi) is 14.2. The van der Waals surface area contributed by atoms with Gasteiger partial charge in [0.1, 0.15) is 38.1 Å². The van der Waals surface area contributed by atoms with Crippen LogP contribution in [0.4, 0.5) is 0 Å².